The van der Waals surface area contributed by atoms with Gasteiger partial charge in [-0.2, -0.15) is 0 Å². The number of halogens is 1. The molecule has 2 aliphatic rings. The number of methoxy groups -OCH3 is 2. The predicted molar refractivity (Wildman–Crippen MR) is 83.4 cm³/mol. The van der Waals surface area contributed by atoms with Gasteiger partial charge in [0.15, 0.2) is 0 Å². The van der Waals surface area contributed by atoms with Crippen LogP contribution in [-0.2, 0) is 0 Å². The summed E-state index contributed by atoms with van der Waals surface area (Å²) in [6.45, 7) is 0. The van der Waals surface area contributed by atoms with Crippen LogP contribution in [0.25, 0.3) is 0 Å². The van der Waals surface area contributed by atoms with Crippen LogP contribution in [0.15, 0.2) is 16.6 Å². The quantitative estimate of drug-likeness (QED) is 0.885. The summed E-state index contributed by atoms with van der Waals surface area (Å²) in [7, 11) is 5.49. The van der Waals surface area contributed by atoms with Crippen molar-refractivity contribution < 1.29 is 9.47 Å². The second-order valence-electron chi connectivity index (χ2n) is 5.83. The first-order chi connectivity index (χ1) is 9.71. The average molecular weight is 340 g/mol. The van der Waals surface area contributed by atoms with E-state index < -0.39 is 0 Å². The SMILES string of the molecule is CNC(c1cc(OC)c(Br)cc1OC)C1C2CCCC21. The van der Waals surface area contributed by atoms with Gasteiger partial charge in [0, 0.05) is 11.6 Å². The van der Waals surface area contributed by atoms with Gasteiger partial charge >= 0.3 is 0 Å². The number of hydrogen-bond acceptors (Lipinski definition) is 3. The summed E-state index contributed by atoms with van der Waals surface area (Å²) in [6.07, 6.45) is 4.19. The molecule has 1 N–H and O–H groups in total. The van der Waals surface area contributed by atoms with E-state index in [1.165, 1.54) is 24.8 Å². The summed E-state index contributed by atoms with van der Waals surface area (Å²) in [5.41, 5.74) is 1.22. The molecule has 3 nitrogen and oxygen atoms in total. The van der Waals surface area contributed by atoms with Crippen LogP contribution in [0.3, 0.4) is 0 Å². The Morgan fingerprint density at radius 1 is 1.15 bits per heavy atom. The molecule has 0 spiro atoms. The van der Waals surface area contributed by atoms with Crippen molar-refractivity contribution in [1.29, 1.82) is 0 Å². The van der Waals surface area contributed by atoms with Crippen molar-refractivity contribution in [2.45, 2.75) is 25.3 Å². The topological polar surface area (TPSA) is 30.5 Å². The largest absolute Gasteiger partial charge is 0.496 e. The van der Waals surface area contributed by atoms with Crippen molar-refractivity contribution in [3.63, 3.8) is 0 Å². The second kappa shape index (κ2) is 5.57. The van der Waals surface area contributed by atoms with E-state index in [4.69, 9.17) is 9.47 Å². The molecule has 0 saturated heterocycles. The first kappa shape index (κ1) is 14.2. The molecule has 0 bridgehead atoms. The summed E-state index contributed by atoms with van der Waals surface area (Å²) in [6, 6.07) is 4.48. The van der Waals surface area contributed by atoms with Crippen molar-refractivity contribution >= 4 is 15.9 Å². The minimum Gasteiger partial charge on any atom is -0.496 e. The number of ether oxygens (including phenoxy) is 2. The maximum absolute atomic E-state index is 5.58. The minimum atomic E-state index is 0.363. The molecule has 3 atom stereocenters. The summed E-state index contributed by atoms with van der Waals surface area (Å²) in [4.78, 5) is 0. The number of rotatable bonds is 5. The second-order valence-corrected chi connectivity index (χ2v) is 6.69. The van der Waals surface area contributed by atoms with E-state index in [1.807, 2.05) is 13.1 Å². The molecule has 2 aliphatic carbocycles. The molecule has 1 aromatic carbocycles. The highest BCUT2D eigenvalue weighted by molar-refractivity contribution is 9.10. The van der Waals surface area contributed by atoms with Gasteiger partial charge in [-0.3, -0.25) is 0 Å². The third-order valence-electron chi connectivity index (χ3n) is 5.01. The molecule has 0 heterocycles. The molecule has 3 unspecified atom stereocenters. The molecule has 0 amide bonds. The zero-order valence-corrected chi connectivity index (χ0v) is 13.9. The van der Waals surface area contributed by atoms with Crippen LogP contribution >= 0.6 is 15.9 Å². The normalized spacial score (nSPS) is 28.9. The Hall–Kier alpha value is -0.740. The summed E-state index contributed by atoms with van der Waals surface area (Å²) < 4.78 is 12.0. The average Bonchev–Trinajstić information content (AvgIpc) is 2.93. The van der Waals surface area contributed by atoms with Gasteiger partial charge in [0.05, 0.1) is 18.7 Å². The van der Waals surface area contributed by atoms with Crippen molar-refractivity contribution in [2.24, 2.45) is 17.8 Å². The van der Waals surface area contributed by atoms with Gasteiger partial charge in [-0.05, 0) is 65.7 Å². The fraction of sp³-hybridized carbons (Fsp3) is 0.625. The van der Waals surface area contributed by atoms with E-state index in [2.05, 4.69) is 27.3 Å². The van der Waals surface area contributed by atoms with Gasteiger partial charge in [0.25, 0.3) is 0 Å². The zero-order chi connectivity index (χ0) is 14.3. The lowest BCUT2D eigenvalue weighted by atomic mass is 9.96. The van der Waals surface area contributed by atoms with Gasteiger partial charge in [-0.15, -0.1) is 0 Å². The molecular weight excluding hydrogens is 318 g/mol. The molecule has 2 saturated carbocycles. The van der Waals surface area contributed by atoms with Gasteiger partial charge in [-0.25, -0.2) is 0 Å². The maximum Gasteiger partial charge on any atom is 0.133 e. The minimum absolute atomic E-state index is 0.363. The van der Waals surface area contributed by atoms with Crippen molar-refractivity contribution in [1.82, 2.24) is 5.32 Å². The van der Waals surface area contributed by atoms with E-state index in [0.717, 1.165) is 33.7 Å². The Labute approximate surface area is 129 Å². The van der Waals surface area contributed by atoms with E-state index in [0.29, 0.717) is 6.04 Å². The summed E-state index contributed by atoms with van der Waals surface area (Å²) in [5, 5.41) is 3.50. The van der Waals surface area contributed by atoms with Crippen LogP contribution in [0, 0.1) is 17.8 Å². The smallest absolute Gasteiger partial charge is 0.133 e. The zero-order valence-electron chi connectivity index (χ0n) is 12.3. The number of fused-ring (bicyclic) bond motifs is 1. The number of nitrogens with one attached hydrogen (secondary N) is 1. The third kappa shape index (κ3) is 2.23. The lowest BCUT2D eigenvalue weighted by Gasteiger charge is -2.22. The molecular formula is C16H22BrNO2. The van der Waals surface area contributed by atoms with Gasteiger partial charge in [0.2, 0.25) is 0 Å². The molecule has 4 heteroatoms. The van der Waals surface area contributed by atoms with Crippen LogP contribution in [0.1, 0.15) is 30.9 Å². The number of benzene rings is 1. The molecule has 0 radical (unpaired) electrons. The lowest BCUT2D eigenvalue weighted by Crippen LogP contribution is -2.21. The van der Waals surface area contributed by atoms with E-state index >= 15 is 0 Å². The van der Waals surface area contributed by atoms with Crippen LogP contribution < -0.4 is 14.8 Å². The molecule has 2 fully saturated rings. The van der Waals surface area contributed by atoms with Crippen LogP contribution in [0.4, 0.5) is 0 Å². The molecule has 3 rings (SSSR count). The molecule has 110 valence electrons. The van der Waals surface area contributed by atoms with Crippen LogP contribution in [0.2, 0.25) is 0 Å². The van der Waals surface area contributed by atoms with Crippen molar-refractivity contribution in [2.75, 3.05) is 21.3 Å². The highest BCUT2D eigenvalue weighted by atomic mass is 79.9. The fourth-order valence-electron chi connectivity index (χ4n) is 4.05. The molecule has 1 aromatic rings. The highest BCUT2D eigenvalue weighted by Crippen LogP contribution is 2.62. The Bertz CT molecular complexity index is 495. The van der Waals surface area contributed by atoms with Gasteiger partial charge in [-0.1, -0.05) is 6.42 Å². The van der Waals surface area contributed by atoms with Crippen molar-refractivity contribution in [3.8, 4) is 11.5 Å². The first-order valence-electron chi connectivity index (χ1n) is 7.30. The molecule has 0 aromatic heterocycles. The lowest BCUT2D eigenvalue weighted by molar-refractivity contribution is 0.375. The Kier molecular flexibility index (Phi) is 3.95. The summed E-state index contributed by atoms with van der Waals surface area (Å²) in [5.74, 6) is 4.38. The highest BCUT2D eigenvalue weighted by Gasteiger charge is 2.56. The van der Waals surface area contributed by atoms with Gasteiger partial charge < -0.3 is 14.8 Å². The van der Waals surface area contributed by atoms with E-state index in [1.54, 1.807) is 14.2 Å². The van der Waals surface area contributed by atoms with Crippen molar-refractivity contribution in [3.05, 3.63) is 22.2 Å². The standard InChI is InChI=1S/C16H22BrNO2/c1-18-16(15-9-5-4-6-10(9)15)11-7-14(20-3)12(17)8-13(11)19-2/h7-10,15-16,18H,4-6H2,1-3H3. The van der Waals surface area contributed by atoms with Crippen LogP contribution in [0.5, 0.6) is 11.5 Å². The van der Waals surface area contributed by atoms with Crippen LogP contribution in [-0.4, -0.2) is 21.3 Å². The maximum atomic E-state index is 5.58. The molecule has 0 aliphatic heterocycles. The van der Waals surface area contributed by atoms with Gasteiger partial charge in [0.1, 0.15) is 11.5 Å². The van der Waals surface area contributed by atoms with E-state index in [-0.39, 0.29) is 0 Å². The Balaban J connectivity index is 1.94. The predicted octanol–water partition coefficient (Wildman–Crippen LogP) is 3.77. The third-order valence-corrected chi connectivity index (χ3v) is 5.63. The first-order valence-corrected chi connectivity index (χ1v) is 8.09. The summed E-state index contributed by atoms with van der Waals surface area (Å²) >= 11 is 3.53. The Morgan fingerprint density at radius 2 is 1.80 bits per heavy atom. The molecule has 20 heavy (non-hydrogen) atoms. The van der Waals surface area contributed by atoms with E-state index in [9.17, 15) is 0 Å². The monoisotopic (exact) mass is 339 g/mol. The Morgan fingerprint density at radius 3 is 2.35 bits per heavy atom. The number of hydrogen-bond donors (Lipinski definition) is 1. The fourth-order valence-corrected chi connectivity index (χ4v) is 4.54.